The van der Waals surface area contributed by atoms with Gasteiger partial charge in [-0.3, -0.25) is 0 Å². The van der Waals surface area contributed by atoms with Crippen molar-refractivity contribution in [3.63, 3.8) is 0 Å². The highest BCUT2D eigenvalue weighted by atomic mass is 19.1. The Labute approximate surface area is 93.1 Å². The second-order valence-electron chi connectivity index (χ2n) is 3.81. The Kier molecular flexibility index (Phi) is 2.75. The first kappa shape index (κ1) is 10.8. The number of nitrogens with two attached hydrogens (primary N) is 1. The van der Waals surface area contributed by atoms with Gasteiger partial charge in [-0.1, -0.05) is 6.07 Å². The zero-order valence-corrected chi connectivity index (χ0v) is 9.20. The SMILES string of the molecule is Cc1ccc(F)cc1-c1cnc(C(C)N)o1. The van der Waals surface area contributed by atoms with Crippen LogP contribution < -0.4 is 5.73 Å². The largest absolute Gasteiger partial charge is 0.439 e. The van der Waals surface area contributed by atoms with E-state index in [0.29, 0.717) is 17.2 Å². The van der Waals surface area contributed by atoms with Crippen molar-refractivity contribution < 1.29 is 8.81 Å². The number of aryl methyl sites for hydroxylation is 1. The van der Waals surface area contributed by atoms with Crippen molar-refractivity contribution in [3.8, 4) is 11.3 Å². The van der Waals surface area contributed by atoms with Gasteiger partial charge in [0.1, 0.15) is 5.82 Å². The number of hydrogen-bond donors (Lipinski definition) is 1. The lowest BCUT2D eigenvalue weighted by molar-refractivity contribution is 0.473. The van der Waals surface area contributed by atoms with E-state index in [0.717, 1.165) is 5.56 Å². The normalized spacial score (nSPS) is 12.8. The molecule has 0 spiro atoms. The van der Waals surface area contributed by atoms with Crippen molar-refractivity contribution in [3.05, 3.63) is 41.7 Å². The molecule has 1 unspecified atom stereocenters. The molecule has 2 N–H and O–H groups in total. The van der Waals surface area contributed by atoms with Crippen LogP contribution in [0.2, 0.25) is 0 Å². The zero-order valence-electron chi connectivity index (χ0n) is 9.20. The molecule has 0 aliphatic rings. The molecular weight excluding hydrogens is 207 g/mol. The first-order chi connectivity index (χ1) is 7.58. The molecule has 0 amide bonds. The van der Waals surface area contributed by atoms with Crippen molar-refractivity contribution in [1.82, 2.24) is 4.98 Å². The summed E-state index contributed by atoms with van der Waals surface area (Å²) in [6.45, 7) is 3.68. The van der Waals surface area contributed by atoms with Crippen molar-refractivity contribution in [2.75, 3.05) is 0 Å². The lowest BCUT2D eigenvalue weighted by atomic mass is 10.1. The van der Waals surface area contributed by atoms with E-state index in [1.807, 2.05) is 6.92 Å². The van der Waals surface area contributed by atoms with Gasteiger partial charge in [0.05, 0.1) is 12.2 Å². The summed E-state index contributed by atoms with van der Waals surface area (Å²) in [4.78, 5) is 4.05. The molecule has 84 valence electrons. The zero-order chi connectivity index (χ0) is 11.7. The molecule has 0 saturated heterocycles. The number of benzene rings is 1. The third-order valence-corrected chi connectivity index (χ3v) is 2.38. The molecule has 3 nitrogen and oxygen atoms in total. The maximum Gasteiger partial charge on any atom is 0.211 e. The topological polar surface area (TPSA) is 52.0 Å². The predicted molar refractivity (Wildman–Crippen MR) is 59.2 cm³/mol. The van der Waals surface area contributed by atoms with Gasteiger partial charge in [-0.25, -0.2) is 9.37 Å². The molecule has 16 heavy (non-hydrogen) atoms. The van der Waals surface area contributed by atoms with Crippen LogP contribution in [-0.4, -0.2) is 4.98 Å². The van der Waals surface area contributed by atoms with E-state index in [-0.39, 0.29) is 11.9 Å². The molecular formula is C12H13FN2O. The van der Waals surface area contributed by atoms with Gasteiger partial charge in [-0.2, -0.15) is 0 Å². The van der Waals surface area contributed by atoms with Crippen molar-refractivity contribution in [1.29, 1.82) is 0 Å². The molecule has 1 aromatic heterocycles. The molecule has 0 bridgehead atoms. The van der Waals surface area contributed by atoms with E-state index in [1.165, 1.54) is 12.1 Å². The van der Waals surface area contributed by atoms with Crippen LogP contribution in [0.15, 0.2) is 28.8 Å². The van der Waals surface area contributed by atoms with Crippen molar-refractivity contribution in [2.45, 2.75) is 19.9 Å². The summed E-state index contributed by atoms with van der Waals surface area (Å²) in [5.74, 6) is 0.710. The van der Waals surface area contributed by atoms with Gasteiger partial charge < -0.3 is 10.2 Å². The summed E-state index contributed by atoms with van der Waals surface area (Å²) in [5.41, 5.74) is 7.29. The van der Waals surface area contributed by atoms with E-state index in [1.54, 1.807) is 19.2 Å². The second kappa shape index (κ2) is 4.06. The minimum atomic E-state index is -0.292. The Morgan fingerprint density at radius 2 is 2.19 bits per heavy atom. The second-order valence-corrected chi connectivity index (χ2v) is 3.81. The average molecular weight is 220 g/mol. The summed E-state index contributed by atoms with van der Waals surface area (Å²) in [7, 11) is 0. The highest BCUT2D eigenvalue weighted by molar-refractivity contribution is 5.61. The van der Waals surface area contributed by atoms with E-state index in [4.69, 9.17) is 10.2 Å². The van der Waals surface area contributed by atoms with E-state index in [9.17, 15) is 4.39 Å². The predicted octanol–water partition coefficient (Wildman–Crippen LogP) is 2.81. The maximum atomic E-state index is 13.1. The van der Waals surface area contributed by atoms with Crippen LogP contribution in [0.3, 0.4) is 0 Å². The average Bonchev–Trinajstić information content (AvgIpc) is 2.70. The Bertz CT molecular complexity index is 505. The van der Waals surface area contributed by atoms with Gasteiger partial charge in [0.15, 0.2) is 5.76 Å². The number of rotatable bonds is 2. The van der Waals surface area contributed by atoms with E-state index < -0.39 is 0 Å². The minimum absolute atomic E-state index is 0.261. The lowest BCUT2D eigenvalue weighted by Gasteiger charge is -2.02. The number of aromatic nitrogens is 1. The first-order valence-corrected chi connectivity index (χ1v) is 5.06. The Hall–Kier alpha value is -1.68. The Morgan fingerprint density at radius 3 is 2.81 bits per heavy atom. The number of hydrogen-bond acceptors (Lipinski definition) is 3. The highest BCUT2D eigenvalue weighted by Crippen LogP contribution is 2.26. The minimum Gasteiger partial charge on any atom is -0.439 e. The van der Waals surface area contributed by atoms with Gasteiger partial charge >= 0.3 is 0 Å². The fourth-order valence-corrected chi connectivity index (χ4v) is 1.48. The van der Waals surface area contributed by atoms with Crippen LogP contribution in [-0.2, 0) is 0 Å². The summed E-state index contributed by atoms with van der Waals surface area (Å²) in [5, 5.41) is 0. The van der Waals surface area contributed by atoms with Gasteiger partial charge in [-0.05, 0) is 31.5 Å². The van der Waals surface area contributed by atoms with E-state index in [2.05, 4.69) is 4.98 Å². The fourth-order valence-electron chi connectivity index (χ4n) is 1.48. The summed E-state index contributed by atoms with van der Waals surface area (Å²) in [6.07, 6.45) is 1.57. The highest BCUT2D eigenvalue weighted by Gasteiger charge is 2.11. The van der Waals surface area contributed by atoms with Crippen molar-refractivity contribution >= 4 is 0 Å². The third kappa shape index (κ3) is 1.97. The molecule has 0 aliphatic heterocycles. The first-order valence-electron chi connectivity index (χ1n) is 5.06. The smallest absolute Gasteiger partial charge is 0.211 e. The molecule has 1 atom stereocenters. The third-order valence-electron chi connectivity index (χ3n) is 2.38. The quantitative estimate of drug-likeness (QED) is 0.846. The van der Waals surface area contributed by atoms with Gasteiger partial charge in [0, 0.05) is 5.56 Å². The standard InChI is InChI=1S/C12H13FN2O/c1-7-3-4-9(13)5-10(7)11-6-15-12(16-11)8(2)14/h3-6,8H,14H2,1-2H3. The summed E-state index contributed by atoms with van der Waals surface area (Å²) < 4.78 is 18.6. The van der Waals surface area contributed by atoms with Crippen LogP contribution in [0.4, 0.5) is 4.39 Å². The van der Waals surface area contributed by atoms with Crippen LogP contribution in [0.25, 0.3) is 11.3 Å². The number of oxazole rings is 1. The molecule has 2 rings (SSSR count). The van der Waals surface area contributed by atoms with Gasteiger partial charge in [0.25, 0.3) is 0 Å². The molecule has 1 heterocycles. The molecule has 0 saturated carbocycles. The Balaban J connectivity index is 2.46. The molecule has 2 aromatic rings. The molecule has 0 aliphatic carbocycles. The Morgan fingerprint density at radius 1 is 1.44 bits per heavy atom. The number of halogens is 1. The summed E-state index contributed by atoms with van der Waals surface area (Å²) >= 11 is 0. The van der Waals surface area contributed by atoms with Gasteiger partial charge in [0.2, 0.25) is 5.89 Å². The van der Waals surface area contributed by atoms with Crippen LogP contribution in [0.5, 0.6) is 0 Å². The lowest BCUT2D eigenvalue weighted by Crippen LogP contribution is -2.04. The van der Waals surface area contributed by atoms with Crippen LogP contribution in [0, 0.1) is 12.7 Å². The monoisotopic (exact) mass is 220 g/mol. The van der Waals surface area contributed by atoms with E-state index >= 15 is 0 Å². The summed E-state index contributed by atoms with van der Waals surface area (Å²) in [6, 6.07) is 4.30. The maximum absolute atomic E-state index is 13.1. The van der Waals surface area contributed by atoms with Crippen LogP contribution >= 0.6 is 0 Å². The van der Waals surface area contributed by atoms with Crippen molar-refractivity contribution in [2.24, 2.45) is 5.73 Å². The van der Waals surface area contributed by atoms with Gasteiger partial charge in [-0.15, -0.1) is 0 Å². The molecule has 1 aromatic carbocycles. The molecule has 4 heteroatoms. The fraction of sp³-hybridized carbons (Fsp3) is 0.250. The molecule has 0 radical (unpaired) electrons. The number of nitrogens with zero attached hydrogens (tertiary/aromatic N) is 1. The molecule has 0 fully saturated rings. The van der Waals surface area contributed by atoms with Crippen LogP contribution in [0.1, 0.15) is 24.4 Å².